The maximum absolute atomic E-state index is 13.5. The van der Waals surface area contributed by atoms with Crippen molar-refractivity contribution in [2.45, 2.75) is 37.6 Å². The summed E-state index contributed by atoms with van der Waals surface area (Å²) in [4.78, 5) is 25.7. The first-order chi connectivity index (χ1) is 17.4. The number of carbonyl (C=O) groups excluding carboxylic acids is 2. The number of fused-ring (bicyclic) bond motifs is 1. The highest BCUT2D eigenvalue weighted by Crippen LogP contribution is 2.35. The van der Waals surface area contributed by atoms with Crippen LogP contribution in [-0.4, -0.2) is 39.4 Å². The van der Waals surface area contributed by atoms with Crippen LogP contribution in [-0.2, 0) is 14.8 Å². The van der Waals surface area contributed by atoms with Crippen LogP contribution in [0.15, 0.2) is 41.3 Å². The van der Waals surface area contributed by atoms with Crippen LogP contribution in [0.25, 0.3) is 10.1 Å². The van der Waals surface area contributed by atoms with Crippen molar-refractivity contribution >= 4 is 66.5 Å². The zero-order valence-corrected chi connectivity index (χ0v) is 23.1. The number of nitrogens with one attached hydrogen (secondary N) is 3. The van der Waals surface area contributed by atoms with Crippen LogP contribution < -0.4 is 15.4 Å². The highest BCUT2D eigenvalue weighted by molar-refractivity contribution is 7.89. The molecule has 0 aliphatic rings. The van der Waals surface area contributed by atoms with E-state index in [9.17, 15) is 26.8 Å². The van der Waals surface area contributed by atoms with Gasteiger partial charge in [0, 0.05) is 23.2 Å². The molecule has 3 aromatic rings. The normalized spacial score (nSPS) is 12.6. The molecule has 200 valence electrons. The van der Waals surface area contributed by atoms with E-state index in [4.69, 9.17) is 23.2 Å². The van der Waals surface area contributed by atoms with Crippen LogP contribution in [0, 0.1) is 17.6 Å². The third-order valence-corrected chi connectivity index (χ3v) is 8.85. The molecular formula is C24H25Cl2F2N3O4S2. The fraction of sp³-hybridized carbons (Fsp3) is 0.333. The summed E-state index contributed by atoms with van der Waals surface area (Å²) in [5, 5.41) is 5.90. The monoisotopic (exact) mass is 591 g/mol. The van der Waals surface area contributed by atoms with Crippen LogP contribution in [0.3, 0.4) is 0 Å². The number of rotatable bonds is 11. The molecule has 0 aliphatic carbocycles. The lowest BCUT2D eigenvalue weighted by Gasteiger charge is -2.20. The summed E-state index contributed by atoms with van der Waals surface area (Å²) >= 11 is 13.2. The maximum Gasteiger partial charge on any atom is 0.263 e. The number of carbonyl (C=O) groups is 2. The van der Waals surface area contributed by atoms with Crippen LogP contribution >= 0.6 is 34.5 Å². The van der Waals surface area contributed by atoms with Gasteiger partial charge in [0.15, 0.2) is 0 Å². The van der Waals surface area contributed by atoms with Crippen molar-refractivity contribution in [2.75, 3.05) is 13.1 Å². The van der Waals surface area contributed by atoms with Gasteiger partial charge in [-0.25, -0.2) is 21.9 Å². The minimum Gasteiger partial charge on any atom is -0.354 e. The average molecular weight is 593 g/mol. The Bertz CT molecular complexity index is 1410. The van der Waals surface area contributed by atoms with E-state index in [-0.39, 0.29) is 45.2 Å². The predicted octanol–water partition coefficient (Wildman–Crippen LogP) is 5.12. The summed E-state index contributed by atoms with van der Waals surface area (Å²) in [6, 6.07) is 6.15. The van der Waals surface area contributed by atoms with Crippen molar-refractivity contribution in [3.8, 4) is 0 Å². The van der Waals surface area contributed by atoms with E-state index in [0.29, 0.717) is 16.5 Å². The van der Waals surface area contributed by atoms with Crippen molar-refractivity contribution in [3.05, 3.63) is 63.0 Å². The molecule has 13 heteroatoms. The molecular weight excluding hydrogens is 567 g/mol. The summed E-state index contributed by atoms with van der Waals surface area (Å²) < 4.78 is 54.3. The minimum absolute atomic E-state index is 0.00846. The molecule has 1 aromatic heterocycles. The van der Waals surface area contributed by atoms with E-state index in [1.54, 1.807) is 0 Å². The van der Waals surface area contributed by atoms with Gasteiger partial charge in [-0.2, -0.15) is 0 Å². The van der Waals surface area contributed by atoms with E-state index in [2.05, 4.69) is 15.4 Å². The van der Waals surface area contributed by atoms with Crippen LogP contribution in [0.1, 0.15) is 36.4 Å². The van der Waals surface area contributed by atoms with Gasteiger partial charge in [0.05, 0.1) is 10.0 Å². The van der Waals surface area contributed by atoms with Crippen molar-refractivity contribution in [2.24, 2.45) is 5.92 Å². The van der Waals surface area contributed by atoms with Gasteiger partial charge >= 0.3 is 0 Å². The molecule has 0 radical (unpaired) electrons. The molecule has 7 nitrogen and oxygen atoms in total. The number of amides is 2. The lowest BCUT2D eigenvalue weighted by Crippen LogP contribution is -2.47. The number of sulfonamides is 1. The van der Waals surface area contributed by atoms with Crippen molar-refractivity contribution in [3.63, 3.8) is 0 Å². The fourth-order valence-corrected chi connectivity index (χ4v) is 6.56. The maximum atomic E-state index is 13.5. The molecule has 3 N–H and O–H groups in total. The minimum atomic E-state index is -3.96. The fourth-order valence-electron chi connectivity index (χ4n) is 3.51. The number of thiophene rings is 1. The van der Waals surface area contributed by atoms with Crippen LogP contribution in [0.4, 0.5) is 8.78 Å². The molecule has 37 heavy (non-hydrogen) atoms. The second-order valence-corrected chi connectivity index (χ2v) is 12.2. The topological polar surface area (TPSA) is 104 Å². The van der Waals surface area contributed by atoms with Crippen molar-refractivity contribution < 1.29 is 26.8 Å². The number of benzene rings is 2. The van der Waals surface area contributed by atoms with E-state index in [0.717, 1.165) is 29.5 Å². The van der Waals surface area contributed by atoms with Gasteiger partial charge in [-0.1, -0.05) is 37.0 Å². The molecule has 0 saturated heterocycles. The Morgan fingerprint density at radius 2 is 1.70 bits per heavy atom. The lowest BCUT2D eigenvalue weighted by atomic mass is 10.0. The summed E-state index contributed by atoms with van der Waals surface area (Å²) in [6.45, 7) is 3.92. The Labute approximate surface area is 227 Å². The first-order valence-corrected chi connectivity index (χ1v) is 14.4. The molecule has 3 rings (SSSR count). The highest BCUT2D eigenvalue weighted by atomic mass is 35.5. The molecule has 1 heterocycles. The van der Waals surface area contributed by atoms with Crippen LogP contribution in [0.5, 0.6) is 0 Å². The molecule has 0 fully saturated rings. The summed E-state index contributed by atoms with van der Waals surface area (Å²) in [7, 11) is -3.96. The summed E-state index contributed by atoms with van der Waals surface area (Å²) in [6.07, 6.45) is 0.601. The largest absolute Gasteiger partial charge is 0.354 e. The third kappa shape index (κ3) is 7.61. The van der Waals surface area contributed by atoms with Gasteiger partial charge in [0.1, 0.15) is 27.4 Å². The molecule has 0 unspecified atom stereocenters. The zero-order valence-electron chi connectivity index (χ0n) is 19.9. The molecule has 0 saturated carbocycles. The van der Waals surface area contributed by atoms with E-state index in [1.165, 1.54) is 18.2 Å². The smallest absolute Gasteiger partial charge is 0.263 e. The summed E-state index contributed by atoms with van der Waals surface area (Å²) in [5.74, 6) is -2.00. The first kappa shape index (κ1) is 29.2. The van der Waals surface area contributed by atoms with Gasteiger partial charge in [-0.05, 0) is 55.2 Å². The zero-order chi connectivity index (χ0) is 27.3. The molecule has 0 bridgehead atoms. The predicted molar refractivity (Wildman–Crippen MR) is 142 cm³/mol. The second-order valence-electron chi connectivity index (χ2n) is 8.66. The Hall–Kier alpha value is -2.31. The number of hydrogen-bond acceptors (Lipinski definition) is 5. The van der Waals surface area contributed by atoms with Gasteiger partial charge in [-0.3, -0.25) is 9.59 Å². The Kier molecular flexibility index (Phi) is 9.87. The lowest BCUT2D eigenvalue weighted by molar-refractivity contribution is -0.123. The van der Waals surface area contributed by atoms with Gasteiger partial charge in [-0.15, -0.1) is 11.3 Å². The molecule has 1 atom stereocenters. The third-order valence-electron chi connectivity index (χ3n) is 5.25. The van der Waals surface area contributed by atoms with Crippen LogP contribution in [0.2, 0.25) is 10.0 Å². The molecule has 2 amide bonds. The van der Waals surface area contributed by atoms with Gasteiger partial charge < -0.3 is 10.6 Å². The molecule has 0 spiro atoms. The second kappa shape index (κ2) is 12.5. The Morgan fingerprint density at radius 1 is 1.03 bits per heavy atom. The SMILES string of the molecule is CC(C)C[C@H](NC(=O)c1sc2cc(F)ccc2c1Cl)C(=O)NCCCNS(=O)(=O)c1ccc(F)cc1Cl. The Balaban J connectivity index is 1.57. The van der Waals surface area contributed by atoms with Crippen molar-refractivity contribution in [1.82, 2.24) is 15.4 Å². The van der Waals surface area contributed by atoms with E-state index < -0.39 is 39.5 Å². The first-order valence-electron chi connectivity index (χ1n) is 11.3. The number of hydrogen-bond donors (Lipinski definition) is 3. The standard InChI is InChI=1S/C24H25Cl2F2N3O4S2/c1-13(2)10-18(31-24(33)22-21(26)16-6-4-15(28)12-19(16)36-22)23(32)29-8-3-9-30-37(34,35)20-7-5-14(27)11-17(20)25/h4-7,11-13,18,30H,3,8-10H2,1-2H3,(H,29,32)(H,31,33)/t18-/m0/s1. The van der Waals surface area contributed by atoms with Gasteiger partial charge in [0.25, 0.3) is 5.91 Å². The van der Waals surface area contributed by atoms with E-state index in [1.807, 2.05) is 13.8 Å². The Morgan fingerprint density at radius 3 is 2.38 bits per heavy atom. The van der Waals surface area contributed by atoms with E-state index >= 15 is 0 Å². The number of halogens is 4. The quantitative estimate of drug-likeness (QED) is 0.269. The highest BCUT2D eigenvalue weighted by Gasteiger charge is 2.25. The van der Waals surface area contributed by atoms with Gasteiger partial charge in [0.2, 0.25) is 15.9 Å². The molecule has 0 aliphatic heterocycles. The average Bonchev–Trinajstić information content (AvgIpc) is 3.13. The van der Waals surface area contributed by atoms with Crippen molar-refractivity contribution in [1.29, 1.82) is 0 Å². The molecule has 2 aromatic carbocycles. The summed E-state index contributed by atoms with van der Waals surface area (Å²) in [5.41, 5.74) is 0.